The Hall–Kier alpha value is -1.40. The van der Waals surface area contributed by atoms with E-state index in [0.717, 1.165) is 54.9 Å². The first-order chi connectivity index (χ1) is 15.4. The van der Waals surface area contributed by atoms with Gasteiger partial charge in [0.1, 0.15) is 0 Å². The molecule has 32 heavy (non-hydrogen) atoms. The summed E-state index contributed by atoms with van der Waals surface area (Å²) in [5.74, 6) is 0.256. The molecule has 0 bridgehead atoms. The van der Waals surface area contributed by atoms with E-state index in [0.29, 0.717) is 18.8 Å². The predicted octanol–water partition coefficient (Wildman–Crippen LogP) is 6.12. The number of carbonyl (C=O) groups is 1. The summed E-state index contributed by atoms with van der Waals surface area (Å²) in [5, 5.41) is 21.6. The molecule has 0 aromatic carbocycles. The number of thiophene rings is 1. The number of aliphatic hydroxyl groups is 2. The minimum Gasteiger partial charge on any atom is -0.469 e. The monoisotopic (exact) mass is 478 g/mol. The number of ether oxygens (including phenoxy) is 1. The van der Waals surface area contributed by atoms with Crippen LogP contribution >= 0.6 is 22.9 Å². The van der Waals surface area contributed by atoms with E-state index in [1.165, 1.54) is 17.6 Å². The van der Waals surface area contributed by atoms with Crippen molar-refractivity contribution in [2.24, 2.45) is 5.92 Å². The summed E-state index contributed by atoms with van der Waals surface area (Å²) in [6.07, 6.45) is 14.6. The van der Waals surface area contributed by atoms with Gasteiger partial charge in [-0.25, -0.2) is 0 Å². The van der Waals surface area contributed by atoms with Crippen LogP contribution in [0.4, 0.5) is 0 Å². The summed E-state index contributed by atoms with van der Waals surface area (Å²) in [6.45, 7) is 2.21. The van der Waals surface area contributed by atoms with Crippen LogP contribution in [0.25, 0.3) is 0 Å². The van der Waals surface area contributed by atoms with E-state index in [2.05, 4.69) is 29.9 Å². The maximum Gasteiger partial charge on any atom is 0.305 e. The summed E-state index contributed by atoms with van der Waals surface area (Å²) in [6, 6.07) is 3.99. The summed E-state index contributed by atoms with van der Waals surface area (Å²) < 4.78 is 5.42. The Morgan fingerprint density at radius 1 is 1.34 bits per heavy atom. The van der Waals surface area contributed by atoms with Crippen LogP contribution in [0.1, 0.15) is 69.6 Å². The van der Waals surface area contributed by atoms with Gasteiger partial charge in [0, 0.05) is 16.7 Å². The van der Waals surface area contributed by atoms with Crippen molar-refractivity contribution in [1.29, 1.82) is 0 Å². The van der Waals surface area contributed by atoms with Crippen LogP contribution in [-0.4, -0.2) is 35.5 Å². The number of carbonyl (C=O) groups excluding carboxylic acids is 1. The average Bonchev–Trinajstić information content (AvgIpc) is 3.35. The Morgan fingerprint density at radius 3 is 2.78 bits per heavy atom. The minimum atomic E-state index is -0.463. The lowest BCUT2D eigenvalue weighted by Crippen LogP contribution is -2.51. The van der Waals surface area contributed by atoms with E-state index in [1.54, 1.807) is 11.3 Å². The van der Waals surface area contributed by atoms with Crippen molar-refractivity contribution < 1.29 is 19.7 Å². The van der Waals surface area contributed by atoms with Crippen molar-refractivity contribution in [1.82, 2.24) is 0 Å². The second kappa shape index (κ2) is 11.6. The van der Waals surface area contributed by atoms with Crippen molar-refractivity contribution in [3.63, 3.8) is 0 Å². The molecule has 2 N–H and O–H groups in total. The first-order valence-corrected chi connectivity index (χ1v) is 12.8. The molecular formula is C26H35ClO4S. The molecule has 0 radical (unpaired) electrons. The standard InChI is InChI=1S/C26H35ClO4S/c1-18-16-17-26(18,23-14-15-24(27)32-23)22(29)10-7-9-20-19(12-13-21(20)28)8-5-3-4-6-11-25(30)31-2/h3,5,7,9,14-15,18,21-22,28-29H,4,6,8,10-13,16-17H2,1-2H3/b5-3-,9-7+/t18-,21-,22?,26-/m1/s1. The van der Waals surface area contributed by atoms with Gasteiger partial charge in [0.25, 0.3) is 0 Å². The van der Waals surface area contributed by atoms with Gasteiger partial charge in [-0.3, -0.25) is 4.79 Å². The number of halogens is 1. The maximum absolute atomic E-state index is 11.2. The fourth-order valence-corrected chi connectivity index (χ4v) is 6.40. The van der Waals surface area contributed by atoms with Gasteiger partial charge >= 0.3 is 5.97 Å². The molecular weight excluding hydrogens is 444 g/mol. The number of esters is 1. The SMILES string of the molecule is COC(=O)CCC/C=C\CC1=C(/C=C/CC(O)[C@@]2(c3ccc(Cl)s3)CC[C@H]2C)[C@H](O)CC1. The maximum atomic E-state index is 11.2. The number of unbranched alkanes of at least 4 members (excludes halogenated alkanes) is 1. The van der Waals surface area contributed by atoms with E-state index in [1.807, 2.05) is 18.2 Å². The summed E-state index contributed by atoms with van der Waals surface area (Å²) in [4.78, 5) is 12.3. The quantitative estimate of drug-likeness (QED) is 0.228. The normalized spacial score (nSPS) is 26.8. The van der Waals surface area contributed by atoms with Crippen LogP contribution < -0.4 is 0 Å². The van der Waals surface area contributed by atoms with Gasteiger partial charge in [0.2, 0.25) is 0 Å². The smallest absolute Gasteiger partial charge is 0.305 e. The molecule has 0 spiro atoms. The Kier molecular flexibility index (Phi) is 9.18. The third-order valence-corrected chi connectivity index (χ3v) is 8.58. The molecule has 2 aliphatic rings. The van der Waals surface area contributed by atoms with Gasteiger partial charge in [-0.2, -0.15) is 0 Å². The Bertz CT molecular complexity index is 871. The first-order valence-electron chi connectivity index (χ1n) is 11.6. The van der Waals surface area contributed by atoms with E-state index >= 15 is 0 Å². The number of hydrogen-bond acceptors (Lipinski definition) is 5. The van der Waals surface area contributed by atoms with E-state index in [9.17, 15) is 15.0 Å². The highest BCUT2D eigenvalue weighted by Crippen LogP contribution is 2.54. The highest BCUT2D eigenvalue weighted by Gasteiger charge is 2.51. The van der Waals surface area contributed by atoms with Gasteiger partial charge in [0.15, 0.2) is 0 Å². The molecule has 1 fully saturated rings. The molecule has 1 aromatic rings. The molecule has 176 valence electrons. The molecule has 0 saturated heterocycles. The van der Waals surface area contributed by atoms with Crippen molar-refractivity contribution in [3.8, 4) is 0 Å². The molecule has 3 rings (SSSR count). The molecule has 4 atom stereocenters. The lowest BCUT2D eigenvalue weighted by molar-refractivity contribution is -0.140. The number of aliphatic hydroxyl groups excluding tert-OH is 2. The summed E-state index contributed by atoms with van der Waals surface area (Å²) >= 11 is 7.75. The van der Waals surface area contributed by atoms with Crippen molar-refractivity contribution in [2.75, 3.05) is 7.11 Å². The third-order valence-electron chi connectivity index (χ3n) is 7.15. The second-order valence-corrected chi connectivity index (χ2v) is 10.7. The Labute approximate surface area is 200 Å². The predicted molar refractivity (Wildman–Crippen MR) is 131 cm³/mol. The van der Waals surface area contributed by atoms with Crippen LogP contribution in [0.2, 0.25) is 4.34 Å². The fourth-order valence-electron chi connectivity index (χ4n) is 4.97. The number of allylic oxidation sites excluding steroid dienone is 3. The topological polar surface area (TPSA) is 66.8 Å². The largest absolute Gasteiger partial charge is 0.469 e. The average molecular weight is 479 g/mol. The summed E-state index contributed by atoms with van der Waals surface area (Å²) in [7, 11) is 1.41. The van der Waals surface area contributed by atoms with Crippen molar-refractivity contribution in [2.45, 2.75) is 82.3 Å². The molecule has 4 nitrogen and oxygen atoms in total. The molecule has 6 heteroatoms. The van der Waals surface area contributed by atoms with Crippen LogP contribution in [0.15, 0.2) is 47.6 Å². The van der Waals surface area contributed by atoms with Crippen LogP contribution in [0.5, 0.6) is 0 Å². The molecule has 1 saturated carbocycles. The van der Waals surface area contributed by atoms with Gasteiger partial charge in [0.05, 0.1) is 23.7 Å². The first kappa shape index (κ1) is 25.2. The fraction of sp³-hybridized carbons (Fsp3) is 0.577. The van der Waals surface area contributed by atoms with Crippen molar-refractivity contribution >= 4 is 28.9 Å². The van der Waals surface area contributed by atoms with Gasteiger partial charge < -0.3 is 14.9 Å². The molecule has 1 heterocycles. The number of rotatable bonds is 11. The zero-order valence-corrected chi connectivity index (χ0v) is 20.6. The minimum absolute atomic E-state index is 0.171. The Morgan fingerprint density at radius 2 is 2.16 bits per heavy atom. The molecule has 2 aliphatic carbocycles. The highest BCUT2D eigenvalue weighted by molar-refractivity contribution is 7.16. The lowest BCUT2D eigenvalue weighted by Gasteiger charge is -2.50. The van der Waals surface area contributed by atoms with E-state index in [4.69, 9.17) is 11.6 Å². The van der Waals surface area contributed by atoms with E-state index < -0.39 is 12.2 Å². The van der Waals surface area contributed by atoms with Gasteiger partial charge in [-0.1, -0.05) is 48.4 Å². The number of methoxy groups -OCH3 is 1. The summed E-state index contributed by atoms with van der Waals surface area (Å²) in [5.41, 5.74) is 2.04. The van der Waals surface area contributed by atoms with Gasteiger partial charge in [-0.15, -0.1) is 11.3 Å². The highest BCUT2D eigenvalue weighted by atomic mass is 35.5. The molecule has 0 aliphatic heterocycles. The van der Waals surface area contributed by atoms with Gasteiger partial charge in [-0.05, 0) is 75.0 Å². The molecule has 1 aromatic heterocycles. The Balaban J connectivity index is 1.58. The zero-order valence-electron chi connectivity index (χ0n) is 19.1. The number of hydrogen-bond donors (Lipinski definition) is 2. The van der Waals surface area contributed by atoms with Crippen LogP contribution in [0, 0.1) is 5.92 Å². The molecule has 1 unspecified atom stereocenters. The molecule has 0 amide bonds. The lowest BCUT2D eigenvalue weighted by atomic mass is 9.56. The third kappa shape index (κ3) is 5.74. The van der Waals surface area contributed by atoms with E-state index in [-0.39, 0.29) is 11.4 Å². The zero-order chi connectivity index (χ0) is 23.1. The van der Waals surface area contributed by atoms with Crippen LogP contribution in [-0.2, 0) is 14.9 Å². The van der Waals surface area contributed by atoms with Crippen LogP contribution in [0.3, 0.4) is 0 Å². The second-order valence-electron chi connectivity index (χ2n) is 8.99. The van der Waals surface area contributed by atoms with Crippen molar-refractivity contribution in [3.05, 3.63) is 56.8 Å².